The molecule has 0 aromatic heterocycles. The van der Waals surface area contributed by atoms with E-state index in [1.54, 1.807) is 12.3 Å². The number of allylic oxidation sites excluding steroid dienone is 2. The minimum Gasteiger partial charge on any atom is -0.342 e. The Morgan fingerprint density at radius 1 is 1.24 bits per heavy atom. The number of benzene rings is 1. The molecule has 2 rings (SSSR count). The Kier molecular flexibility index (Phi) is 7.54. The molecule has 1 aliphatic rings. The van der Waals surface area contributed by atoms with Crippen molar-refractivity contribution in [2.75, 3.05) is 13.1 Å². The number of aliphatic imine (C=N–C) groups is 1. The zero-order valence-electron chi connectivity index (χ0n) is 14.6. The van der Waals surface area contributed by atoms with Crippen LogP contribution in [0.25, 0.3) is 0 Å². The zero-order chi connectivity index (χ0) is 18.1. The lowest BCUT2D eigenvalue weighted by Crippen LogP contribution is -2.26. The maximum Gasteiger partial charge on any atom is 0.159 e. The summed E-state index contributed by atoms with van der Waals surface area (Å²) in [6, 6.07) is 3.97. The molecule has 3 nitrogen and oxygen atoms in total. The van der Waals surface area contributed by atoms with Gasteiger partial charge in [0.2, 0.25) is 0 Å². The molecule has 0 spiro atoms. The van der Waals surface area contributed by atoms with Gasteiger partial charge < -0.3 is 10.2 Å². The molecule has 0 saturated heterocycles. The molecular weight excluding hydrogens is 320 g/mol. The van der Waals surface area contributed by atoms with Gasteiger partial charge in [0.25, 0.3) is 0 Å². The van der Waals surface area contributed by atoms with Crippen molar-refractivity contribution < 1.29 is 8.78 Å². The number of hydrogen-bond donors (Lipinski definition) is 1. The molecule has 134 valence electrons. The molecule has 1 heterocycles. The Balaban J connectivity index is 2.04. The maximum atomic E-state index is 13.4. The number of nitrogens with one attached hydrogen (secondary N) is 1. The van der Waals surface area contributed by atoms with Gasteiger partial charge in [-0.25, -0.2) is 8.78 Å². The molecule has 0 unspecified atom stereocenters. The number of unbranched alkanes of at least 4 members (excludes halogenated alkanes) is 2. The van der Waals surface area contributed by atoms with Crippen LogP contribution in [-0.2, 0) is 6.54 Å². The van der Waals surface area contributed by atoms with E-state index in [-0.39, 0.29) is 0 Å². The van der Waals surface area contributed by atoms with E-state index in [2.05, 4.69) is 24.0 Å². The number of hydrogen-bond acceptors (Lipinski definition) is 3. The largest absolute Gasteiger partial charge is 0.342 e. The summed E-state index contributed by atoms with van der Waals surface area (Å²) in [4.78, 5) is 5.86. The first-order chi connectivity index (χ1) is 12.2. The van der Waals surface area contributed by atoms with Crippen molar-refractivity contribution in [3.8, 4) is 0 Å². The van der Waals surface area contributed by atoms with Gasteiger partial charge in [0.05, 0.1) is 11.9 Å². The first kappa shape index (κ1) is 19.1. The van der Waals surface area contributed by atoms with Crippen LogP contribution in [0.3, 0.4) is 0 Å². The fourth-order valence-electron chi connectivity index (χ4n) is 2.70. The lowest BCUT2D eigenvalue weighted by molar-refractivity contribution is 0.450. The third-order valence-electron chi connectivity index (χ3n) is 4.02. The van der Waals surface area contributed by atoms with E-state index in [1.807, 2.05) is 23.3 Å². The molecule has 1 aromatic carbocycles. The van der Waals surface area contributed by atoms with Gasteiger partial charge in [-0.1, -0.05) is 31.9 Å². The molecule has 0 amide bonds. The monoisotopic (exact) mass is 345 g/mol. The molecule has 0 saturated carbocycles. The average molecular weight is 345 g/mol. The first-order valence-electron chi connectivity index (χ1n) is 8.60. The predicted molar refractivity (Wildman–Crippen MR) is 99.2 cm³/mol. The minimum atomic E-state index is -0.835. The Labute approximate surface area is 148 Å². The van der Waals surface area contributed by atoms with Crippen LogP contribution < -0.4 is 5.32 Å². The third kappa shape index (κ3) is 5.64. The van der Waals surface area contributed by atoms with Crippen LogP contribution in [0.5, 0.6) is 0 Å². The van der Waals surface area contributed by atoms with Crippen molar-refractivity contribution in [3.63, 3.8) is 0 Å². The van der Waals surface area contributed by atoms with E-state index in [1.165, 1.54) is 18.9 Å². The highest BCUT2D eigenvalue weighted by Crippen LogP contribution is 2.23. The van der Waals surface area contributed by atoms with Crippen LogP contribution in [0.15, 0.2) is 59.0 Å². The predicted octanol–water partition coefficient (Wildman–Crippen LogP) is 4.54. The molecule has 25 heavy (non-hydrogen) atoms. The molecule has 1 aliphatic heterocycles. The Bertz CT molecular complexity index is 678. The average Bonchev–Trinajstić information content (AvgIpc) is 2.60. The highest BCUT2D eigenvalue weighted by Gasteiger charge is 2.16. The maximum absolute atomic E-state index is 13.4. The SMILES string of the molecule is C=N/C=C1/C(CNCCCCC)=CC=CN1Cc1ccc(F)c(F)c1. The number of nitrogens with zero attached hydrogens (tertiary/aromatic N) is 2. The van der Waals surface area contributed by atoms with E-state index in [9.17, 15) is 8.78 Å². The molecule has 5 heteroatoms. The van der Waals surface area contributed by atoms with Crippen LogP contribution >= 0.6 is 0 Å². The fraction of sp³-hybridized carbons (Fsp3) is 0.350. The number of halogens is 2. The molecule has 1 N–H and O–H groups in total. The van der Waals surface area contributed by atoms with Gasteiger partial charge in [0.15, 0.2) is 11.6 Å². The lowest BCUT2D eigenvalue weighted by Gasteiger charge is -2.28. The molecule has 0 fully saturated rings. The summed E-state index contributed by atoms with van der Waals surface area (Å²) in [7, 11) is 0. The van der Waals surface area contributed by atoms with Crippen molar-refractivity contribution in [1.29, 1.82) is 0 Å². The van der Waals surface area contributed by atoms with Crippen LogP contribution in [-0.4, -0.2) is 24.7 Å². The summed E-state index contributed by atoms with van der Waals surface area (Å²) in [5, 5.41) is 3.44. The van der Waals surface area contributed by atoms with E-state index >= 15 is 0 Å². The first-order valence-corrected chi connectivity index (χ1v) is 8.60. The lowest BCUT2D eigenvalue weighted by atomic mass is 10.1. The topological polar surface area (TPSA) is 27.6 Å². The van der Waals surface area contributed by atoms with Gasteiger partial charge in [0.1, 0.15) is 0 Å². The second-order valence-electron chi connectivity index (χ2n) is 5.99. The molecular formula is C20H25F2N3. The summed E-state index contributed by atoms with van der Waals surface area (Å²) in [6.07, 6.45) is 11.1. The van der Waals surface area contributed by atoms with Gasteiger partial charge in [-0.3, -0.25) is 4.99 Å². The Morgan fingerprint density at radius 2 is 2.08 bits per heavy atom. The highest BCUT2D eigenvalue weighted by molar-refractivity contribution is 5.40. The van der Waals surface area contributed by atoms with E-state index in [4.69, 9.17) is 0 Å². The van der Waals surface area contributed by atoms with Gasteiger partial charge >= 0.3 is 0 Å². The molecule has 0 atom stereocenters. The van der Waals surface area contributed by atoms with Crippen molar-refractivity contribution in [3.05, 3.63) is 71.2 Å². The molecule has 0 aliphatic carbocycles. The van der Waals surface area contributed by atoms with Gasteiger partial charge in [-0.05, 0) is 49.0 Å². The summed E-state index contributed by atoms with van der Waals surface area (Å²) in [6.45, 7) is 7.85. The smallest absolute Gasteiger partial charge is 0.159 e. The van der Waals surface area contributed by atoms with Gasteiger partial charge in [-0.15, -0.1) is 0 Å². The molecule has 0 bridgehead atoms. The van der Waals surface area contributed by atoms with Crippen LogP contribution in [0.2, 0.25) is 0 Å². The fourth-order valence-corrected chi connectivity index (χ4v) is 2.70. The Hall–Kier alpha value is -2.27. The summed E-state index contributed by atoms with van der Waals surface area (Å²) in [5.74, 6) is -1.67. The van der Waals surface area contributed by atoms with Crippen molar-refractivity contribution in [2.24, 2.45) is 4.99 Å². The van der Waals surface area contributed by atoms with Gasteiger partial charge in [-0.2, -0.15) is 0 Å². The Morgan fingerprint density at radius 3 is 2.80 bits per heavy atom. The summed E-state index contributed by atoms with van der Waals surface area (Å²) >= 11 is 0. The van der Waals surface area contributed by atoms with Crippen LogP contribution in [0.4, 0.5) is 8.78 Å². The molecule has 0 radical (unpaired) electrons. The second-order valence-corrected chi connectivity index (χ2v) is 5.99. The second kappa shape index (κ2) is 9.89. The molecule has 1 aromatic rings. The van der Waals surface area contributed by atoms with Gasteiger partial charge in [0, 0.05) is 19.3 Å². The van der Waals surface area contributed by atoms with E-state index in [0.717, 1.165) is 36.8 Å². The minimum absolute atomic E-state index is 0.433. The van der Waals surface area contributed by atoms with Crippen molar-refractivity contribution >= 4 is 6.72 Å². The van der Waals surface area contributed by atoms with Crippen molar-refractivity contribution in [2.45, 2.75) is 32.7 Å². The summed E-state index contributed by atoms with van der Waals surface area (Å²) in [5.41, 5.74) is 2.69. The summed E-state index contributed by atoms with van der Waals surface area (Å²) < 4.78 is 26.6. The van der Waals surface area contributed by atoms with Crippen molar-refractivity contribution in [1.82, 2.24) is 10.2 Å². The zero-order valence-corrected chi connectivity index (χ0v) is 14.6. The normalized spacial score (nSPS) is 15.6. The highest BCUT2D eigenvalue weighted by atomic mass is 19.2. The standard InChI is InChI=1S/C20H25F2N3/c1-3-4-5-10-24-13-17-7-6-11-25(20(17)14-23-2)15-16-8-9-18(21)19(22)12-16/h6-9,11-12,14,24H,2-5,10,13,15H2,1H3/b20-14-. The third-order valence-corrected chi connectivity index (χ3v) is 4.02. The van der Waals surface area contributed by atoms with Crippen LogP contribution in [0, 0.1) is 11.6 Å². The van der Waals surface area contributed by atoms with E-state index in [0.29, 0.717) is 12.1 Å². The van der Waals surface area contributed by atoms with E-state index < -0.39 is 11.6 Å². The number of rotatable bonds is 9. The quantitative estimate of drug-likeness (QED) is 0.525. The van der Waals surface area contributed by atoms with Crippen LogP contribution in [0.1, 0.15) is 31.7 Å².